The number of carbonyl (C=O) groups is 1. The molecule has 2 rings (SSSR count). The van der Waals surface area contributed by atoms with Crippen molar-refractivity contribution in [1.82, 2.24) is 5.32 Å². The summed E-state index contributed by atoms with van der Waals surface area (Å²) in [6.45, 7) is 3.73. The maximum Gasteiger partial charge on any atom is 0.252 e. The summed E-state index contributed by atoms with van der Waals surface area (Å²) < 4.78 is 18.7. The summed E-state index contributed by atoms with van der Waals surface area (Å²) in [5.41, 5.74) is 2.24. The lowest BCUT2D eigenvalue weighted by Crippen LogP contribution is -2.27. The first-order valence-corrected chi connectivity index (χ1v) is 8.47. The first-order valence-electron chi connectivity index (χ1n) is 7.25. The molecule has 1 N–H and O–H groups in total. The second-order valence-corrected chi connectivity index (χ2v) is 6.15. The molecule has 5 heteroatoms. The Morgan fingerprint density at radius 1 is 1.26 bits per heavy atom. The molecule has 0 aliphatic heterocycles. The molecule has 0 saturated heterocycles. The summed E-state index contributed by atoms with van der Waals surface area (Å²) in [7, 11) is 1.42. The Balaban J connectivity index is 2.18. The van der Waals surface area contributed by atoms with E-state index in [1.54, 1.807) is 23.9 Å². The number of aryl methyl sites for hydroxylation is 1. The van der Waals surface area contributed by atoms with Gasteiger partial charge in [0.05, 0.1) is 13.2 Å². The van der Waals surface area contributed by atoms with Crippen LogP contribution in [0.3, 0.4) is 0 Å². The van der Waals surface area contributed by atoms with Gasteiger partial charge in [0.1, 0.15) is 0 Å². The molecule has 0 radical (unpaired) electrons. The molecule has 0 spiro atoms. The Labute approximate surface area is 140 Å². The molecule has 3 nitrogen and oxygen atoms in total. The van der Waals surface area contributed by atoms with Crippen molar-refractivity contribution in [2.75, 3.05) is 13.4 Å². The molecular formula is C18H20FNO2S. The fourth-order valence-electron chi connectivity index (χ4n) is 2.28. The van der Waals surface area contributed by atoms with Crippen LogP contribution in [0.1, 0.15) is 34.5 Å². The highest BCUT2D eigenvalue weighted by atomic mass is 32.2. The van der Waals surface area contributed by atoms with Crippen LogP contribution in [0.2, 0.25) is 0 Å². The molecule has 122 valence electrons. The van der Waals surface area contributed by atoms with Crippen LogP contribution >= 0.6 is 11.8 Å². The van der Waals surface area contributed by atoms with E-state index in [0.29, 0.717) is 11.1 Å². The van der Waals surface area contributed by atoms with E-state index in [0.717, 1.165) is 10.5 Å². The number of rotatable bonds is 5. The number of thioether (sulfide) groups is 1. The van der Waals surface area contributed by atoms with Crippen LogP contribution in [-0.2, 0) is 0 Å². The molecule has 2 aromatic rings. The number of amides is 1. The highest BCUT2D eigenvalue weighted by Gasteiger charge is 2.15. The van der Waals surface area contributed by atoms with Crippen LogP contribution in [0, 0.1) is 12.7 Å². The van der Waals surface area contributed by atoms with Gasteiger partial charge in [-0.25, -0.2) is 4.39 Å². The van der Waals surface area contributed by atoms with Gasteiger partial charge in [-0.05, 0) is 55.5 Å². The maximum atomic E-state index is 13.8. The molecule has 1 unspecified atom stereocenters. The molecular weight excluding hydrogens is 313 g/mol. The summed E-state index contributed by atoms with van der Waals surface area (Å²) >= 11 is 1.59. The predicted molar refractivity (Wildman–Crippen MR) is 91.8 cm³/mol. The van der Waals surface area contributed by atoms with Gasteiger partial charge >= 0.3 is 0 Å². The van der Waals surface area contributed by atoms with Gasteiger partial charge < -0.3 is 10.1 Å². The quantitative estimate of drug-likeness (QED) is 0.827. The van der Waals surface area contributed by atoms with Crippen LogP contribution in [0.25, 0.3) is 0 Å². The second-order valence-electron chi connectivity index (χ2n) is 5.27. The molecule has 0 aliphatic carbocycles. The van der Waals surface area contributed by atoms with E-state index in [-0.39, 0.29) is 17.7 Å². The van der Waals surface area contributed by atoms with Crippen LogP contribution in [0.4, 0.5) is 4.39 Å². The molecule has 2 aromatic carbocycles. The third-order valence-corrected chi connectivity index (χ3v) is 4.44. The molecule has 0 fully saturated rings. The summed E-state index contributed by atoms with van der Waals surface area (Å²) in [4.78, 5) is 13.5. The first kappa shape index (κ1) is 17.3. The minimum atomic E-state index is -0.438. The van der Waals surface area contributed by atoms with Crippen molar-refractivity contribution in [3.05, 3.63) is 58.9 Å². The standard InChI is InChI=1S/C18H20FNO2S/c1-11-5-7-14(23-4)10-15(11)18(21)20-12(2)13-6-8-17(22-3)16(19)9-13/h5-10,12H,1-4H3,(H,20,21). The van der Waals surface area contributed by atoms with Gasteiger partial charge in [-0.1, -0.05) is 12.1 Å². The Morgan fingerprint density at radius 3 is 2.61 bits per heavy atom. The van der Waals surface area contributed by atoms with Crippen molar-refractivity contribution >= 4 is 17.7 Å². The number of benzene rings is 2. The highest BCUT2D eigenvalue weighted by Crippen LogP contribution is 2.23. The van der Waals surface area contributed by atoms with Gasteiger partial charge in [0.2, 0.25) is 0 Å². The van der Waals surface area contributed by atoms with Crippen LogP contribution in [-0.4, -0.2) is 19.3 Å². The van der Waals surface area contributed by atoms with Crippen molar-refractivity contribution in [1.29, 1.82) is 0 Å². The van der Waals surface area contributed by atoms with E-state index in [1.807, 2.05) is 38.3 Å². The van der Waals surface area contributed by atoms with Crippen molar-refractivity contribution in [3.63, 3.8) is 0 Å². The Morgan fingerprint density at radius 2 is 2.00 bits per heavy atom. The van der Waals surface area contributed by atoms with Crippen molar-refractivity contribution < 1.29 is 13.9 Å². The summed E-state index contributed by atoms with van der Waals surface area (Å²) in [5, 5.41) is 2.91. The minimum Gasteiger partial charge on any atom is -0.494 e. The van der Waals surface area contributed by atoms with E-state index in [1.165, 1.54) is 13.2 Å². The SMILES string of the molecule is COc1ccc(C(C)NC(=O)c2cc(SC)ccc2C)cc1F. The number of hydrogen-bond donors (Lipinski definition) is 1. The first-order chi connectivity index (χ1) is 11.0. The van der Waals surface area contributed by atoms with E-state index in [9.17, 15) is 9.18 Å². The van der Waals surface area contributed by atoms with Gasteiger partial charge in [0.25, 0.3) is 5.91 Å². The number of nitrogens with one attached hydrogen (secondary N) is 1. The fraction of sp³-hybridized carbons (Fsp3) is 0.278. The van der Waals surface area contributed by atoms with Gasteiger partial charge in [-0.3, -0.25) is 4.79 Å². The smallest absolute Gasteiger partial charge is 0.252 e. The summed E-state index contributed by atoms with van der Waals surface area (Å²) in [5.74, 6) is -0.412. The number of halogens is 1. The Bertz CT molecular complexity index is 718. The third-order valence-electron chi connectivity index (χ3n) is 3.71. The van der Waals surface area contributed by atoms with Crippen LogP contribution in [0.15, 0.2) is 41.3 Å². The molecule has 0 aliphatic rings. The zero-order valence-corrected chi connectivity index (χ0v) is 14.5. The van der Waals surface area contributed by atoms with Gasteiger partial charge in [0.15, 0.2) is 11.6 Å². The number of carbonyl (C=O) groups excluding carboxylic acids is 1. The lowest BCUT2D eigenvalue weighted by atomic mass is 10.1. The van der Waals surface area contributed by atoms with E-state index < -0.39 is 5.82 Å². The normalized spacial score (nSPS) is 11.9. The average molecular weight is 333 g/mol. The van der Waals surface area contributed by atoms with Crippen LogP contribution < -0.4 is 10.1 Å². The predicted octanol–water partition coefficient (Wildman–Crippen LogP) is 4.36. The second kappa shape index (κ2) is 7.51. The molecule has 1 atom stereocenters. The van der Waals surface area contributed by atoms with E-state index in [2.05, 4.69) is 5.32 Å². The lowest BCUT2D eigenvalue weighted by molar-refractivity contribution is 0.0939. The third kappa shape index (κ3) is 4.05. The zero-order valence-electron chi connectivity index (χ0n) is 13.6. The van der Waals surface area contributed by atoms with Crippen molar-refractivity contribution in [3.8, 4) is 5.75 Å². The summed E-state index contributed by atoms with van der Waals surface area (Å²) in [6.07, 6.45) is 1.97. The Kier molecular flexibility index (Phi) is 5.66. The van der Waals surface area contributed by atoms with Gasteiger partial charge in [0, 0.05) is 10.5 Å². The largest absolute Gasteiger partial charge is 0.494 e. The van der Waals surface area contributed by atoms with E-state index in [4.69, 9.17) is 4.74 Å². The highest BCUT2D eigenvalue weighted by molar-refractivity contribution is 7.98. The maximum absolute atomic E-state index is 13.8. The van der Waals surface area contributed by atoms with Gasteiger partial charge in [-0.15, -0.1) is 11.8 Å². The summed E-state index contributed by atoms with van der Waals surface area (Å²) in [6, 6.07) is 10.2. The molecule has 0 bridgehead atoms. The fourth-order valence-corrected chi connectivity index (χ4v) is 2.72. The molecule has 0 heterocycles. The zero-order chi connectivity index (χ0) is 17.0. The number of ether oxygens (including phenoxy) is 1. The Hall–Kier alpha value is -2.01. The van der Waals surface area contributed by atoms with E-state index >= 15 is 0 Å². The monoisotopic (exact) mass is 333 g/mol. The molecule has 0 saturated carbocycles. The van der Waals surface area contributed by atoms with Crippen LogP contribution in [0.5, 0.6) is 5.75 Å². The van der Waals surface area contributed by atoms with Crippen molar-refractivity contribution in [2.45, 2.75) is 24.8 Å². The van der Waals surface area contributed by atoms with Crippen molar-refractivity contribution in [2.24, 2.45) is 0 Å². The lowest BCUT2D eigenvalue weighted by Gasteiger charge is -2.16. The molecule has 0 aromatic heterocycles. The molecule has 23 heavy (non-hydrogen) atoms. The average Bonchev–Trinajstić information content (AvgIpc) is 2.55. The number of methoxy groups -OCH3 is 1. The topological polar surface area (TPSA) is 38.3 Å². The molecule has 1 amide bonds. The van der Waals surface area contributed by atoms with Gasteiger partial charge in [-0.2, -0.15) is 0 Å². The number of hydrogen-bond acceptors (Lipinski definition) is 3. The minimum absolute atomic E-state index is 0.165.